The summed E-state index contributed by atoms with van der Waals surface area (Å²) in [6, 6.07) is 10.9. The molecule has 2 aromatic carbocycles. The quantitative estimate of drug-likeness (QED) is 0.208. The standard InChI is InChI=1S/C27H26N2O7S/c1-6-36-18-10-7-16(8-11-18)21-20(22(30)17-9-12-19(34-4)14(2)13-17)23(31)25(32)29(21)27-28-15(3)24(37-27)26(33)35-5/h7-13,21,30H,6H2,1-5H3/t21-/m0/s1. The van der Waals surface area contributed by atoms with Gasteiger partial charge in [0.1, 0.15) is 22.1 Å². The molecule has 0 bridgehead atoms. The normalized spacial score (nSPS) is 16.7. The summed E-state index contributed by atoms with van der Waals surface area (Å²) >= 11 is 0.944. The Hall–Kier alpha value is -4.18. The predicted molar refractivity (Wildman–Crippen MR) is 138 cm³/mol. The summed E-state index contributed by atoms with van der Waals surface area (Å²) in [7, 11) is 2.79. The molecular weight excluding hydrogens is 496 g/mol. The Morgan fingerprint density at radius 1 is 1.11 bits per heavy atom. The van der Waals surface area contributed by atoms with E-state index in [0.29, 0.717) is 34.9 Å². The number of aryl methyl sites for hydroxylation is 2. The number of Topliss-reactive ketones (excluding diaryl/α,β-unsaturated/α-hetero) is 1. The van der Waals surface area contributed by atoms with Crippen LogP contribution in [0.3, 0.4) is 0 Å². The molecule has 9 nitrogen and oxygen atoms in total. The average molecular weight is 523 g/mol. The molecule has 1 fully saturated rings. The van der Waals surface area contributed by atoms with Crippen molar-refractivity contribution in [1.82, 2.24) is 4.98 Å². The summed E-state index contributed by atoms with van der Waals surface area (Å²) in [5.41, 5.74) is 1.94. The molecule has 1 aliphatic rings. The molecular formula is C27H26N2O7S. The first-order valence-electron chi connectivity index (χ1n) is 11.5. The van der Waals surface area contributed by atoms with Gasteiger partial charge in [-0.2, -0.15) is 0 Å². The van der Waals surface area contributed by atoms with Gasteiger partial charge in [0, 0.05) is 5.56 Å². The van der Waals surface area contributed by atoms with Crippen molar-refractivity contribution in [3.05, 3.63) is 75.3 Å². The lowest BCUT2D eigenvalue weighted by atomic mass is 9.95. The molecule has 0 saturated carbocycles. The summed E-state index contributed by atoms with van der Waals surface area (Å²) < 4.78 is 15.7. The van der Waals surface area contributed by atoms with Crippen LogP contribution in [0.25, 0.3) is 5.76 Å². The molecule has 0 radical (unpaired) electrons. The van der Waals surface area contributed by atoms with E-state index in [2.05, 4.69) is 4.98 Å². The number of esters is 1. The first kappa shape index (κ1) is 25.9. The summed E-state index contributed by atoms with van der Waals surface area (Å²) in [6.45, 7) is 5.77. The highest BCUT2D eigenvalue weighted by molar-refractivity contribution is 7.17. The molecule has 1 amide bonds. The lowest BCUT2D eigenvalue weighted by Gasteiger charge is -2.23. The first-order chi connectivity index (χ1) is 17.7. The van der Waals surface area contributed by atoms with Crippen molar-refractivity contribution in [2.24, 2.45) is 0 Å². The van der Waals surface area contributed by atoms with Crippen LogP contribution < -0.4 is 14.4 Å². The van der Waals surface area contributed by atoms with Gasteiger partial charge < -0.3 is 19.3 Å². The lowest BCUT2D eigenvalue weighted by Crippen LogP contribution is -2.29. The molecule has 37 heavy (non-hydrogen) atoms. The molecule has 0 spiro atoms. The number of hydrogen-bond donors (Lipinski definition) is 1. The van der Waals surface area contributed by atoms with Crippen LogP contribution in [0, 0.1) is 13.8 Å². The van der Waals surface area contributed by atoms with E-state index >= 15 is 0 Å². The zero-order valence-electron chi connectivity index (χ0n) is 21.0. The van der Waals surface area contributed by atoms with Gasteiger partial charge in [0.05, 0.1) is 38.1 Å². The summed E-state index contributed by atoms with van der Waals surface area (Å²) in [5.74, 6) is -1.41. The van der Waals surface area contributed by atoms with Crippen molar-refractivity contribution in [1.29, 1.82) is 0 Å². The predicted octanol–water partition coefficient (Wildman–Crippen LogP) is 4.58. The van der Waals surface area contributed by atoms with E-state index in [0.717, 1.165) is 16.9 Å². The zero-order valence-corrected chi connectivity index (χ0v) is 21.8. The number of methoxy groups -OCH3 is 2. The molecule has 1 aliphatic heterocycles. The molecule has 1 N–H and O–H groups in total. The van der Waals surface area contributed by atoms with Gasteiger partial charge in [-0.05, 0) is 62.2 Å². The molecule has 0 aliphatic carbocycles. The third-order valence-corrected chi connectivity index (χ3v) is 7.12. The van der Waals surface area contributed by atoms with Crippen LogP contribution in [-0.2, 0) is 14.3 Å². The molecule has 2 heterocycles. The van der Waals surface area contributed by atoms with Crippen LogP contribution >= 0.6 is 11.3 Å². The number of aromatic nitrogens is 1. The molecule has 4 rings (SSSR count). The molecule has 1 saturated heterocycles. The summed E-state index contributed by atoms with van der Waals surface area (Å²) in [4.78, 5) is 44.8. The average Bonchev–Trinajstić information content (AvgIpc) is 3.40. The van der Waals surface area contributed by atoms with Crippen LogP contribution in [0.15, 0.2) is 48.0 Å². The Bertz CT molecular complexity index is 1410. The Labute approximate surface area is 217 Å². The largest absolute Gasteiger partial charge is 0.507 e. The minimum Gasteiger partial charge on any atom is -0.507 e. The fourth-order valence-corrected chi connectivity index (χ4v) is 5.22. The Morgan fingerprint density at radius 3 is 2.41 bits per heavy atom. The molecule has 192 valence electrons. The van der Waals surface area contributed by atoms with Gasteiger partial charge in [0.25, 0.3) is 5.78 Å². The second-order valence-corrected chi connectivity index (χ2v) is 9.24. The number of hydrogen-bond acceptors (Lipinski definition) is 9. The van der Waals surface area contributed by atoms with E-state index < -0.39 is 23.7 Å². The molecule has 10 heteroatoms. The van der Waals surface area contributed by atoms with Crippen LogP contribution in [0.5, 0.6) is 11.5 Å². The van der Waals surface area contributed by atoms with E-state index in [1.165, 1.54) is 19.1 Å². The molecule has 1 atom stereocenters. The number of ether oxygens (including phenoxy) is 3. The van der Waals surface area contributed by atoms with E-state index in [4.69, 9.17) is 14.2 Å². The zero-order chi connectivity index (χ0) is 26.9. The number of rotatable bonds is 7. The van der Waals surface area contributed by atoms with E-state index in [9.17, 15) is 19.5 Å². The smallest absolute Gasteiger partial charge is 0.350 e. The number of nitrogens with zero attached hydrogens (tertiary/aromatic N) is 2. The van der Waals surface area contributed by atoms with E-state index in [1.54, 1.807) is 49.4 Å². The molecule has 3 aromatic rings. The number of amides is 1. The minimum atomic E-state index is -0.992. The fourth-order valence-electron chi connectivity index (χ4n) is 4.21. The Morgan fingerprint density at radius 2 is 1.81 bits per heavy atom. The third-order valence-electron chi connectivity index (χ3n) is 5.98. The third kappa shape index (κ3) is 4.67. The number of benzene rings is 2. The van der Waals surface area contributed by atoms with Gasteiger partial charge in [-0.3, -0.25) is 14.5 Å². The molecule has 0 unspecified atom stereocenters. The van der Waals surface area contributed by atoms with Crippen molar-refractivity contribution < 1.29 is 33.7 Å². The van der Waals surface area contributed by atoms with E-state index in [1.807, 2.05) is 13.8 Å². The number of carbonyl (C=O) groups excluding carboxylic acids is 3. The molecule has 1 aromatic heterocycles. The highest BCUT2D eigenvalue weighted by Gasteiger charge is 2.48. The highest BCUT2D eigenvalue weighted by Crippen LogP contribution is 2.44. The number of anilines is 1. The second kappa shape index (κ2) is 10.4. The van der Waals surface area contributed by atoms with Crippen molar-refractivity contribution in [3.8, 4) is 11.5 Å². The maximum absolute atomic E-state index is 13.4. The fraction of sp³-hybridized carbons (Fsp3) is 0.259. The van der Waals surface area contributed by atoms with Gasteiger partial charge in [0.2, 0.25) is 0 Å². The van der Waals surface area contributed by atoms with Gasteiger partial charge in [0.15, 0.2) is 5.13 Å². The van der Waals surface area contributed by atoms with Crippen molar-refractivity contribution in [2.45, 2.75) is 26.8 Å². The Kier molecular flexibility index (Phi) is 7.30. The van der Waals surface area contributed by atoms with Gasteiger partial charge >= 0.3 is 11.9 Å². The van der Waals surface area contributed by atoms with Gasteiger partial charge in [-0.25, -0.2) is 9.78 Å². The number of ketones is 1. The number of aliphatic hydroxyl groups excluding tert-OH is 1. The summed E-state index contributed by atoms with van der Waals surface area (Å²) in [5, 5.41) is 11.5. The monoisotopic (exact) mass is 522 g/mol. The number of aliphatic hydroxyl groups is 1. The topological polar surface area (TPSA) is 115 Å². The van der Waals surface area contributed by atoms with E-state index in [-0.39, 0.29) is 21.3 Å². The maximum Gasteiger partial charge on any atom is 0.350 e. The number of thiazole rings is 1. The minimum absolute atomic E-state index is 0.0915. The Balaban J connectivity index is 1.91. The lowest BCUT2D eigenvalue weighted by molar-refractivity contribution is -0.132. The number of carbonyl (C=O) groups is 3. The first-order valence-corrected chi connectivity index (χ1v) is 12.3. The van der Waals surface area contributed by atoms with Gasteiger partial charge in [-0.15, -0.1) is 0 Å². The van der Waals surface area contributed by atoms with Crippen molar-refractivity contribution in [2.75, 3.05) is 25.7 Å². The van der Waals surface area contributed by atoms with Crippen LogP contribution in [-0.4, -0.2) is 48.6 Å². The van der Waals surface area contributed by atoms with Crippen molar-refractivity contribution in [3.63, 3.8) is 0 Å². The second-order valence-electron chi connectivity index (χ2n) is 8.26. The summed E-state index contributed by atoms with van der Waals surface area (Å²) in [6.07, 6.45) is 0. The van der Waals surface area contributed by atoms with Crippen LogP contribution in [0.1, 0.15) is 45.0 Å². The SMILES string of the molecule is CCOc1ccc([C@H]2C(=C(O)c3ccc(OC)c(C)c3)C(=O)C(=O)N2c2nc(C)c(C(=O)OC)s2)cc1. The van der Waals surface area contributed by atoms with Gasteiger partial charge in [-0.1, -0.05) is 23.5 Å². The highest BCUT2D eigenvalue weighted by atomic mass is 32.1. The van der Waals surface area contributed by atoms with Crippen molar-refractivity contribution >= 4 is 39.9 Å². The van der Waals surface area contributed by atoms with Crippen LogP contribution in [0.4, 0.5) is 5.13 Å². The van der Waals surface area contributed by atoms with Crippen LogP contribution in [0.2, 0.25) is 0 Å². The maximum atomic E-state index is 13.4.